The van der Waals surface area contributed by atoms with Crippen LogP contribution in [-0.4, -0.2) is 18.4 Å². The van der Waals surface area contributed by atoms with Crippen molar-refractivity contribution in [2.45, 2.75) is 6.92 Å². The predicted octanol–water partition coefficient (Wildman–Crippen LogP) is 3.07. The van der Waals surface area contributed by atoms with E-state index in [9.17, 15) is 9.59 Å². The van der Waals surface area contributed by atoms with Crippen molar-refractivity contribution in [2.24, 2.45) is 0 Å². The number of benzene rings is 2. The summed E-state index contributed by atoms with van der Waals surface area (Å²) in [5.74, 6) is -0.416. The van der Waals surface area contributed by atoms with Crippen molar-refractivity contribution in [3.63, 3.8) is 0 Å². The van der Waals surface area contributed by atoms with Gasteiger partial charge in [-0.15, -0.1) is 0 Å². The molecule has 0 atom stereocenters. The Hall–Kier alpha value is -2.42. The molecule has 94 valence electrons. The number of carbonyl (C=O) groups is 2. The molecule has 0 saturated carbocycles. The molecule has 0 bridgehead atoms. The third-order valence-electron chi connectivity index (χ3n) is 3.25. The first-order chi connectivity index (χ1) is 9.24. The summed E-state index contributed by atoms with van der Waals surface area (Å²) in [5.41, 5.74) is 3.19. The van der Waals surface area contributed by atoms with Gasteiger partial charge in [0.1, 0.15) is 0 Å². The molecule has 0 N–H and O–H groups in total. The number of hydrogen-bond acceptors (Lipinski definition) is 3. The summed E-state index contributed by atoms with van der Waals surface area (Å²) in [4.78, 5) is 24.3. The number of carbonyl (C=O) groups excluding carboxylic acids is 2. The molecule has 0 saturated heterocycles. The second-order valence-corrected chi connectivity index (χ2v) is 4.32. The third-order valence-corrected chi connectivity index (χ3v) is 3.25. The zero-order valence-corrected chi connectivity index (χ0v) is 10.5. The van der Waals surface area contributed by atoms with Crippen molar-refractivity contribution >= 4 is 11.8 Å². The zero-order chi connectivity index (χ0) is 13.4. The molecule has 2 aromatic carbocycles. The summed E-state index contributed by atoms with van der Waals surface area (Å²) >= 11 is 0. The Morgan fingerprint density at radius 1 is 1.00 bits per heavy atom. The highest BCUT2D eigenvalue weighted by atomic mass is 16.5. The van der Waals surface area contributed by atoms with E-state index in [0.717, 1.165) is 5.56 Å². The van der Waals surface area contributed by atoms with Crippen molar-refractivity contribution in [1.29, 1.82) is 0 Å². The minimum absolute atomic E-state index is 0.0308. The molecule has 3 nitrogen and oxygen atoms in total. The standard InChI is InChI=1S/C16H12O3/c1-2-19-16(18)13-9-5-8-12-14(13)10-6-3-4-7-11(10)15(12)17/h3-9H,2H2,1H3. The number of hydrogen-bond donors (Lipinski definition) is 0. The highest BCUT2D eigenvalue weighted by Gasteiger charge is 2.30. The van der Waals surface area contributed by atoms with E-state index in [0.29, 0.717) is 28.9 Å². The topological polar surface area (TPSA) is 43.4 Å². The fourth-order valence-electron chi connectivity index (χ4n) is 2.45. The van der Waals surface area contributed by atoms with Gasteiger partial charge in [0.25, 0.3) is 0 Å². The van der Waals surface area contributed by atoms with Crippen LogP contribution >= 0.6 is 0 Å². The largest absolute Gasteiger partial charge is 0.462 e. The lowest BCUT2D eigenvalue weighted by Gasteiger charge is -2.07. The number of ether oxygens (including phenoxy) is 1. The lowest BCUT2D eigenvalue weighted by molar-refractivity contribution is 0.0527. The Kier molecular flexibility index (Phi) is 2.67. The molecule has 19 heavy (non-hydrogen) atoms. The highest BCUT2D eigenvalue weighted by molar-refractivity contribution is 6.24. The first-order valence-electron chi connectivity index (χ1n) is 6.18. The van der Waals surface area contributed by atoms with Crippen LogP contribution in [0.5, 0.6) is 0 Å². The van der Waals surface area contributed by atoms with Crippen LogP contribution in [0, 0.1) is 0 Å². The number of fused-ring (bicyclic) bond motifs is 3. The molecule has 0 fully saturated rings. The molecule has 0 heterocycles. The molecular weight excluding hydrogens is 240 g/mol. The van der Waals surface area contributed by atoms with Crippen molar-refractivity contribution in [3.8, 4) is 11.1 Å². The monoisotopic (exact) mass is 252 g/mol. The minimum Gasteiger partial charge on any atom is -0.462 e. The maximum absolute atomic E-state index is 12.3. The van der Waals surface area contributed by atoms with Crippen LogP contribution in [0.2, 0.25) is 0 Å². The van der Waals surface area contributed by atoms with Crippen LogP contribution in [0.1, 0.15) is 33.2 Å². The van der Waals surface area contributed by atoms with Gasteiger partial charge in [0, 0.05) is 16.7 Å². The zero-order valence-electron chi connectivity index (χ0n) is 10.5. The molecule has 0 amide bonds. The Labute approximate surface area is 110 Å². The SMILES string of the molecule is CCOC(=O)c1cccc2c1-c1ccccc1C2=O. The van der Waals surface area contributed by atoms with Crippen molar-refractivity contribution in [3.05, 3.63) is 59.2 Å². The van der Waals surface area contributed by atoms with Gasteiger partial charge in [0.2, 0.25) is 0 Å². The molecule has 3 rings (SSSR count). The Balaban J connectivity index is 2.25. The van der Waals surface area contributed by atoms with Gasteiger partial charge >= 0.3 is 5.97 Å². The average Bonchev–Trinajstić information content (AvgIpc) is 2.73. The molecule has 0 aliphatic heterocycles. The van der Waals surface area contributed by atoms with Crippen LogP contribution in [0.25, 0.3) is 11.1 Å². The molecule has 3 heteroatoms. The molecule has 1 aliphatic carbocycles. The van der Waals surface area contributed by atoms with E-state index < -0.39 is 0 Å². The first kappa shape index (κ1) is 11.7. The second kappa shape index (κ2) is 4.35. The van der Waals surface area contributed by atoms with Crippen LogP contribution in [0.15, 0.2) is 42.5 Å². The van der Waals surface area contributed by atoms with Gasteiger partial charge in [-0.05, 0) is 18.6 Å². The van der Waals surface area contributed by atoms with Crippen LogP contribution in [0.3, 0.4) is 0 Å². The Morgan fingerprint density at radius 2 is 1.68 bits per heavy atom. The summed E-state index contributed by atoms with van der Waals surface area (Å²) in [6.07, 6.45) is 0. The molecule has 0 radical (unpaired) electrons. The number of esters is 1. The van der Waals surface area contributed by atoms with E-state index in [2.05, 4.69) is 0 Å². The van der Waals surface area contributed by atoms with Crippen LogP contribution in [0.4, 0.5) is 0 Å². The minimum atomic E-state index is -0.385. The van der Waals surface area contributed by atoms with E-state index >= 15 is 0 Å². The van der Waals surface area contributed by atoms with E-state index in [1.54, 1.807) is 31.2 Å². The Morgan fingerprint density at radius 3 is 2.42 bits per heavy atom. The van der Waals surface area contributed by atoms with Crippen LogP contribution < -0.4 is 0 Å². The summed E-state index contributed by atoms with van der Waals surface area (Å²) in [6.45, 7) is 2.08. The molecule has 1 aliphatic rings. The second-order valence-electron chi connectivity index (χ2n) is 4.32. The summed E-state index contributed by atoms with van der Waals surface area (Å²) < 4.78 is 5.05. The lowest BCUT2D eigenvalue weighted by Crippen LogP contribution is -2.07. The summed E-state index contributed by atoms with van der Waals surface area (Å²) in [5, 5.41) is 0. The highest BCUT2D eigenvalue weighted by Crippen LogP contribution is 2.38. The molecular formula is C16H12O3. The normalized spacial score (nSPS) is 11.9. The fourth-order valence-corrected chi connectivity index (χ4v) is 2.45. The van der Waals surface area contributed by atoms with Crippen molar-refractivity contribution < 1.29 is 14.3 Å². The lowest BCUT2D eigenvalue weighted by atomic mass is 9.99. The van der Waals surface area contributed by atoms with Gasteiger partial charge in [0.15, 0.2) is 5.78 Å². The molecule has 2 aromatic rings. The van der Waals surface area contributed by atoms with E-state index in [4.69, 9.17) is 4.74 Å². The quantitative estimate of drug-likeness (QED) is 0.658. The first-order valence-corrected chi connectivity index (χ1v) is 6.18. The summed E-state index contributed by atoms with van der Waals surface area (Å²) in [6, 6.07) is 12.5. The van der Waals surface area contributed by atoms with Gasteiger partial charge < -0.3 is 4.74 Å². The van der Waals surface area contributed by atoms with Gasteiger partial charge in [-0.2, -0.15) is 0 Å². The van der Waals surface area contributed by atoms with Gasteiger partial charge in [-0.1, -0.05) is 36.4 Å². The average molecular weight is 252 g/mol. The maximum Gasteiger partial charge on any atom is 0.338 e. The van der Waals surface area contributed by atoms with E-state index in [-0.39, 0.29) is 11.8 Å². The number of rotatable bonds is 2. The predicted molar refractivity (Wildman–Crippen MR) is 71.3 cm³/mol. The third kappa shape index (κ3) is 1.66. The van der Waals surface area contributed by atoms with Crippen molar-refractivity contribution in [2.75, 3.05) is 6.61 Å². The Bertz CT molecular complexity index is 686. The summed E-state index contributed by atoms with van der Waals surface area (Å²) in [7, 11) is 0. The maximum atomic E-state index is 12.3. The van der Waals surface area contributed by atoms with Gasteiger partial charge in [0.05, 0.1) is 12.2 Å². The molecule has 0 aromatic heterocycles. The van der Waals surface area contributed by atoms with E-state index in [1.807, 2.05) is 18.2 Å². The van der Waals surface area contributed by atoms with Gasteiger partial charge in [-0.25, -0.2) is 4.79 Å². The fraction of sp³-hybridized carbons (Fsp3) is 0.125. The number of ketones is 1. The van der Waals surface area contributed by atoms with Gasteiger partial charge in [-0.3, -0.25) is 4.79 Å². The smallest absolute Gasteiger partial charge is 0.338 e. The van der Waals surface area contributed by atoms with Crippen molar-refractivity contribution in [1.82, 2.24) is 0 Å². The van der Waals surface area contributed by atoms with E-state index in [1.165, 1.54) is 0 Å². The van der Waals surface area contributed by atoms with Crippen LogP contribution in [-0.2, 0) is 4.74 Å². The molecule has 0 spiro atoms. The molecule has 0 unspecified atom stereocenters.